The largest absolute Gasteiger partial charge is 0.375 e. The molecular formula is C12H20N2O4. The van der Waals surface area contributed by atoms with Gasteiger partial charge in [0.05, 0.1) is 12.6 Å². The van der Waals surface area contributed by atoms with Crippen molar-refractivity contribution in [1.29, 1.82) is 0 Å². The molecule has 102 valence electrons. The van der Waals surface area contributed by atoms with Crippen LogP contribution >= 0.6 is 0 Å². The van der Waals surface area contributed by atoms with Crippen molar-refractivity contribution in [3.8, 4) is 0 Å². The molecule has 0 saturated carbocycles. The van der Waals surface area contributed by atoms with E-state index in [0.717, 1.165) is 13.0 Å². The maximum Gasteiger partial charge on any atom is 0.248 e. The second-order valence-electron chi connectivity index (χ2n) is 4.91. The first-order valence-electron chi connectivity index (χ1n) is 6.23. The molecule has 0 aromatic carbocycles. The van der Waals surface area contributed by atoms with Gasteiger partial charge < -0.3 is 19.3 Å². The van der Waals surface area contributed by atoms with E-state index < -0.39 is 0 Å². The lowest BCUT2D eigenvalue weighted by atomic mass is 9.91. The molecule has 6 heteroatoms. The van der Waals surface area contributed by atoms with Crippen LogP contribution in [0.15, 0.2) is 0 Å². The number of ether oxygens (including phenoxy) is 2. The summed E-state index contributed by atoms with van der Waals surface area (Å²) in [4.78, 5) is 27.1. The maximum absolute atomic E-state index is 11.8. The van der Waals surface area contributed by atoms with Gasteiger partial charge in [0, 0.05) is 33.2 Å². The summed E-state index contributed by atoms with van der Waals surface area (Å²) in [7, 11) is 3.30. The second-order valence-corrected chi connectivity index (χ2v) is 4.91. The third-order valence-electron chi connectivity index (χ3n) is 3.79. The summed E-state index contributed by atoms with van der Waals surface area (Å²) >= 11 is 0. The fourth-order valence-corrected chi connectivity index (χ4v) is 2.64. The molecule has 0 radical (unpaired) electrons. The van der Waals surface area contributed by atoms with Crippen LogP contribution in [0.2, 0.25) is 0 Å². The molecule has 2 rings (SSSR count). The van der Waals surface area contributed by atoms with Crippen molar-refractivity contribution in [2.24, 2.45) is 5.92 Å². The van der Waals surface area contributed by atoms with Gasteiger partial charge in [0.25, 0.3) is 0 Å². The number of rotatable bonds is 2. The van der Waals surface area contributed by atoms with Gasteiger partial charge in [0.15, 0.2) is 0 Å². The van der Waals surface area contributed by atoms with Crippen LogP contribution in [0.4, 0.5) is 0 Å². The Kier molecular flexibility index (Phi) is 4.19. The van der Waals surface area contributed by atoms with Crippen LogP contribution in [0.5, 0.6) is 0 Å². The third kappa shape index (κ3) is 2.64. The molecule has 0 bridgehead atoms. The molecule has 0 spiro atoms. The minimum absolute atomic E-state index is 0.0106. The fourth-order valence-electron chi connectivity index (χ4n) is 2.64. The predicted octanol–water partition coefficient (Wildman–Crippen LogP) is -0.661. The Balaban J connectivity index is 2.04. The number of hydrogen-bond donors (Lipinski definition) is 0. The summed E-state index contributed by atoms with van der Waals surface area (Å²) in [5.74, 6) is 0.304. The van der Waals surface area contributed by atoms with Crippen LogP contribution in [-0.4, -0.2) is 74.7 Å². The van der Waals surface area contributed by atoms with E-state index in [1.165, 1.54) is 7.11 Å². The molecule has 2 heterocycles. The van der Waals surface area contributed by atoms with Crippen molar-refractivity contribution in [3.05, 3.63) is 0 Å². The zero-order valence-electron chi connectivity index (χ0n) is 10.9. The Bertz CT molecular complexity index is 334. The normalized spacial score (nSPS) is 28.9. The minimum Gasteiger partial charge on any atom is -0.375 e. The zero-order valence-corrected chi connectivity index (χ0v) is 10.9. The van der Waals surface area contributed by atoms with Crippen LogP contribution in [-0.2, 0) is 19.1 Å². The van der Waals surface area contributed by atoms with Gasteiger partial charge in [0.1, 0.15) is 13.2 Å². The van der Waals surface area contributed by atoms with E-state index in [1.807, 2.05) is 0 Å². The van der Waals surface area contributed by atoms with Gasteiger partial charge in [-0.1, -0.05) is 0 Å². The summed E-state index contributed by atoms with van der Waals surface area (Å²) < 4.78 is 10.2. The molecule has 6 nitrogen and oxygen atoms in total. The van der Waals surface area contributed by atoms with Crippen LogP contribution < -0.4 is 0 Å². The molecule has 0 N–H and O–H groups in total. The first kappa shape index (κ1) is 13.3. The van der Waals surface area contributed by atoms with Crippen LogP contribution in [0, 0.1) is 5.92 Å². The van der Waals surface area contributed by atoms with Crippen molar-refractivity contribution in [1.82, 2.24) is 9.80 Å². The van der Waals surface area contributed by atoms with Gasteiger partial charge in [-0.2, -0.15) is 0 Å². The van der Waals surface area contributed by atoms with Gasteiger partial charge in [-0.05, 0) is 6.42 Å². The Morgan fingerprint density at radius 1 is 1.56 bits per heavy atom. The lowest BCUT2D eigenvalue weighted by Crippen LogP contribution is -2.55. The third-order valence-corrected chi connectivity index (χ3v) is 3.79. The van der Waals surface area contributed by atoms with Gasteiger partial charge in [-0.15, -0.1) is 0 Å². The number of carbonyl (C=O) groups is 2. The van der Waals surface area contributed by atoms with Crippen molar-refractivity contribution in [2.75, 3.05) is 47.1 Å². The molecule has 2 aliphatic heterocycles. The van der Waals surface area contributed by atoms with Crippen LogP contribution in [0.25, 0.3) is 0 Å². The summed E-state index contributed by atoms with van der Waals surface area (Å²) in [6.45, 7) is 2.15. The summed E-state index contributed by atoms with van der Waals surface area (Å²) in [6, 6.07) is 0.0644. The van der Waals surface area contributed by atoms with Gasteiger partial charge in [-0.25, -0.2) is 0 Å². The SMILES string of the molecule is COCC(=O)N1CC[C@H]2COCC(=O)N(C)[C@H]2C1. The maximum atomic E-state index is 11.8. The molecule has 2 fully saturated rings. The predicted molar refractivity (Wildman–Crippen MR) is 63.9 cm³/mol. The molecular weight excluding hydrogens is 236 g/mol. The topological polar surface area (TPSA) is 59.1 Å². The highest BCUT2D eigenvalue weighted by Crippen LogP contribution is 2.24. The van der Waals surface area contributed by atoms with Crippen LogP contribution in [0.3, 0.4) is 0 Å². The van der Waals surface area contributed by atoms with Crippen molar-refractivity contribution < 1.29 is 19.1 Å². The molecule has 2 aliphatic rings. The molecule has 2 atom stereocenters. The number of likely N-dealkylation sites (N-methyl/N-ethyl adjacent to an activating group) is 1. The van der Waals surface area contributed by atoms with E-state index in [1.54, 1.807) is 16.8 Å². The number of carbonyl (C=O) groups excluding carboxylic acids is 2. The number of fused-ring (bicyclic) bond motifs is 1. The standard InChI is InChI=1S/C12H20N2O4/c1-13-10-5-14(12(16)7-17-2)4-3-9(10)6-18-8-11(13)15/h9-10H,3-8H2,1-2H3/t9-,10-/m0/s1. The number of methoxy groups -OCH3 is 1. The highest BCUT2D eigenvalue weighted by Gasteiger charge is 2.37. The molecule has 18 heavy (non-hydrogen) atoms. The first-order chi connectivity index (χ1) is 8.63. The number of hydrogen-bond acceptors (Lipinski definition) is 4. The summed E-state index contributed by atoms with van der Waals surface area (Å²) in [5.41, 5.74) is 0. The molecule has 0 aliphatic carbocycles. The number of nitrogens with zero attached hydrogens (tertiary/aromatic N) is 2. The first-order valence-corrected chi connectivity index (χ1v) is 6.23. The zero-order chi connectivity index (χ0) is 13.1. The molecule has 0 aromatic rings. The van der Waals surface area contributed by atoms with E-state index in [4.69, 9.17) is 9.47 Å². The summed E-state index contributed by atoms with van der Waals surface area (Å²) in [5, 5.41) is 0. The average molecular weight is 256 g/mol. The van der Waals surface area contributed by atoms with Gasteiger partial charge in [-0.3, -0.25) is 9.59 Å². The lowest BCUT2D eigenvalue weighted by molar-refractivity contribution is -0.141. The Labute approximate surface area is 107 Å². The van der Waals surface area contributed by atoms with E-state index in [2.05, 4.69) is 0 Å². The van der Waals surface area contributed by atoms with E-state index in [0.29, 0.717) is 19.1 Å². The van der Waals surface area contributed by atoms with Gasteiger partial charge in [0.2, 0.25) is 11.8 Å². The van der Waals surface area contributed by atoms with E-state index in [9.17, 15) is 9.59 Å². The molecule has 2 saturated heterocycles. The molecule has 0 unspecified atom stereocenters. The second kappa shape index (κ2) is 5.67. The Hall–Kier alpha value is -1.14. The summed E-state index contributed by atoms with van der Waals surface area (Å²) in [6.07, 6.45) is 0.873. The van der Waals surface area contributed by atoms with Crippen molar-refractivity contribution in [2.45, 2.75) is 12.5 Å². The number of likely N-dealkylation sites (tertiary alicyclic amines) is 1. The highest BCUT2D eigenvalue weighted by atomic mass is 16.5. The van der Waals surface area contributed by atoms with E-state index in [-0.39, 0.29) is 31.1 Å². The smallest absolute Gasteiger partial charge is 0.248 e. The highest BCUT2D eigenvalue weighted by molar-refractivity contribution is 5.79. The average Bonchev–Trinajstić information content (AvgIpc) is 2.50. The number of amides is 2. The Morgan fingerprint density at radius 2 is 2.33 bits per heavy atom. The minimum atomic E-state index is -0.0121. The monoisotopic (exact) mass is 256 g/mol. The quantitative estimate of drug-likeness (QED) is 0.658. The molecule has 0 aromatic heterocycles. The van der Waals surface area contributed by atoms with E-state index >= 15 is 0 Å². The van der Waals surface area contributed by atoms with Crippen LogP contribution in [0.1, 0.15) is 6.42 Å². The fraction of sp³-hybridized carbons (Fsp3) is 0.833. The lowest BCUT2D eigenvalue weighted by Gasteiger charge is -2.40. The number of piperidine rings is 1. The molecule has 2 amide bonds. The van der Waals surface area contributed by atoms with Crippen molar-refractivity contribution in [3.63, 3.8) is 0 Å². The van der Waals surface area contributed by atoms with Gasteiger partial charge >= 0.3 is 0 Å². The van der Waals surface area contributed by atoms with Crippen molar-refractivity contribution >= 4 is 11.8 Å². The Morgan fingerprint density at radius 3 is 3.06 bits per heavy atom.